The van der Waals surface area contributed by atoms with E-state index in [9.17, 15) is 4.79 Å². The number of hydrogen-bond acceptors (Lipinski definition) is 3. The fourth-order valence-corrected chi connectivity index (χ4v) is 2.93. The maximum absolute atomic E-state index is 12.1. The summed E-state index contributed by atoms with van der Waals surface area (Å²) in [4.78, 5) is 14.5. The van der Waals surface area contributed by atoms with Crippen LogP contribution >= 0.6 is 12.4 Å². The number of halogens is 1. The summed E-state index contributed by atoms with van der Waals surface area (Å²) in [5, 5.41) is 6.37. The second-order valence-electron chi connectivity index (χ2n) is 5.68. The summed E-state index contributed by atoms with van der Waals surface area (Å²) < 4.78 is 0. The van der Waals surface area contributed by atoms with Crippen molar-refractivity contribution in [2.24, 2.45) is 0 Å². The Morgan fingerprint density at radius 1 is 1.23 bits per heavy atom. The van der Waals surface area contributed by atoms with Crippen LogP contribution in [0.1, 0.15) is 32.6 Å². The fourth-order valence-electron chi connectivity index (χ4n) is 2.93. The Hall–Kier alpha value is -1.10. The smallest absolute Gasteiger partial charge is 0.225 e. The van der Waals surface area contributed by atoms with E-state index in [4.69, 9.17) is 0 Å². The molecule has 1 amide bonds. The van der Waals surface area contributed by atoms with Crippen molar-refractivity contribution in [3.05, 3.63) is 30.3 Å². The fraction of sp³-hybridized carbons (Fsp3) is 0.588. The number of benzene rings is 1. The molecule has 0 bridgehead atoms. The molecule has 1 fully saturated rings. The average Bonchev–Trinajstić information content (AvgIpc) is 2.53. The number of carbonyl (C=O) groups excluding carboxylic acids is 1. The second kappa shape index (κ2) is 10.6. The molecule has 22 heavy (non-hydrogen) atoms. The summed E-state index contributed by atoms with van der Waals surface area (Å²) in [5.41, 5.74) is 0.881. The van der Waals surface area contributed by atoms with Gasteiger partial charge in [0.1, 0.15) is 0 Å². The summed E-state index contributed by atoms with van der Waals surface area (Å²) in [7, 11) is 0. The van der Waals surface area contributed by atoms with Crippen molar-refractivity contribution in [1.29, 1.82) is 0 Å². The van der Waals surface area contributed by atoms with Crippen molar-refractivity contribution in [3.63, 3.8) is 0 Å². The zero-order chi connectivity index (χ0) is 14.9. The van der Waals surface area contributed by atoms with Crippen molar-refractivity contribution in [3.8, 4) is 0 Å². The van der Waals surface area contributed by atoms with E-state index in [-0.39, 0.29) is 18.3 Å². The summed E-state index contributed by atoms with van der Waals surface area (Å²) in [5.74, 6) is 0.108. The minimum Gasteiger partial charge on any atom is -0.326 e. The van der Waals surface area contributed by atoms with Gasteiger partial charge in [-0.15, -0.1) is 12.4 Å². The second-order valence-corrected chi connectivity index (χ2v) is 5.68. The van der Waals surface area contributed by atoms with Crippen LogP contribution in [-0.2, 0) is 4.79 Å². The predicted molar refractivity (Wildman–Crippen MR) is 94.7 cm³/mol. The van der Waals surface area contributed by atoms with Gasteiger partial charge in [0.25, 0.3) is 0 Å². The molecule has 1 heterocycles. The van der Waals surface area contributed by atoms with E-state index in [1.165, 1.54) is 12.8 Å². The number of para-hydroxylation sites is 1. The number of anilines is 1. The molecule has 1 aliphatic heterocycles. The average molecular weight is 326 g/mol. The maximum Gasteiger partial charge on any atom is 0.225 e. The first-order chi connectivity index (χ1) is 10.3. The van der Waals surface area contributed by atoms with Gasteiger partial charge in [-0.25, -0.2) is 0 Å². The molecule has 0 spiro atoms. The lowest BCUT2D eigenvalue weighted by atomic mass is 10.0. The number of nitrogens with one attached hydrogen (secondary N) is 2. The van der Waals surface area contributed by atoms with E-state index < -0.39 is 0 Å². The van der Waals surface area contributed by atoms with Crippen LogP contribution in [0.5, 0.6) is 0 Å². The van der Waals surface area contributed by atoms with Crippen LogP contribution in [0.4, 0.5) is 5.69 Å². The monoisotopic (exact) mass is 325 g/mol. The van der Waals surface area contributed by atoms with Crippen LogP contribution in [0, 0.1) is 0 Å². The Kier molecular flexibility index (Phi) is 9.13. The summed E-state index contributed by atoms with van der Waals surface area (Å²) >= 11 is 0. The SMILES string of the molecule is CCCN(CCC(=O)Nc1ccccc1)C1CCNCC1.Cl. The third-order valence-corrected chi connectivity index (χ3v) is 4.02. The van der Waals surface area contributed by atoms with Gasteiger partial charge in [0.15, 0.2) is 0 Å². The van der Waals surface area contributed by atoms with Gasteiger partial charge in [-0.05, 0) is 51.0 Å². The molecule has 0 unspecified atom stereocenters. The van der Waals surface area contributed by atoms with E-state index in [1.54, 1.807) is 0 Å². The van der Waals surface area contributed by atoms with Crippen molar-refractivity contribution in [2.75, 3.05) is 31.5 Å². The molecule has 2 N–H and O–H groups in total. The van der Waals surface area contributed by atoms with Gasteiger partial charge in [0, 0.05) is 24.7 Å². The zero-order valence-electron chi connectivity index (χ0n) is 13.4. The van der Waals surface area contributed by atoms with Gasteiger partial charge >= 0.3 is 0 Å². The normalized spacial score (nSPS) is 15.4. The molecular formula is C17H28ClN3O. The maximum atomic E-state index is 12.1. The molecule has 1 aromatic rings. The topological polar surface area (TPSA) is 44.4 Å². The molecule has 1 aromatic carbocycles. The molecule has 0 radical (unpaired) electrons. The van der Waals surface area contributed by atoms with Crippen LogP contribution in [0.15, 0.2) is 30.3 Å². The van der Waals surface area contributed by atoms with Gasteiger partial charge in [-0.3, -0.25) is 9.69 Å². The lowest BCUT2D eigenvalue weighted by Crippen LogP contribution is -2.44. The third kappa shape index (κ3) is 6.34. The minimum atomic E-state index is 0. The highest BCUT2D eigenvalue weighted by Crippen LogP contribution is 2.13. The summed E-state index contributed by atoms with van der Waals surface area (Å²) in [6.45, 7) is 6.35. The van der Waals surface area contributed by atoms with Crippen molar-refractivity contribution >= 4 is 24.0 Å². The van der Waals surface area contributed by atoms with Crippen LogP contribution in [0.3, 0.4) is 0 Å². The van der Waals surface area contributed by atoms with Gasteiger partial charge in [0.05, 0.1) is 0 Å². The molecule has 5 heteroatoms. The first kappa shape index (κ1) is 18.9. The Morgan fingerprint density at radius 2 is 1.91 bits per heavy atom. The first-order valence-electron chi connectivity index (χ1n) is 8.09. The number of nitrogens with zero attached hydrogens (tertiary/aromatic N) is 1. The van der Waals surface area contributed by atoms with Crippen LogP contribution < -0.4 is 10.6 Å². The van der Waals surface area contributed by atoms with Gasteiger partial charge in [0.2, 0.25) is 5.91 Å². The number of amides is 1. The number of piperidine rings is 1. The highest BCUT2D eigenvalue weighted by Gasteiger charge is 2.20. The molecule has 1 saturated heterocycles. The standard InChI is InChI=1S/C17H27N3O.ClH/c1-2-13-20(16-8-11-18-12-9-16)14-10-17(21)19-15-6-4-3-5-7-15;/h3-7,16,18H,2,8-14H2,1H3,(H,19,21);1H. The predicted octanol–water partition coefficient (Wildman–Crippen LogP) is 2.90. The molecule has 2 rings (SSSR count). The van der Waals surface area contributed by atoms with Crippen LogP contribution in [0.25, 0.3) is 0 Å². The largest absolute Gasteiger partial charge is 0.326 e. The van der Waals surface area contributed by atoms with E-state index in [1.807, 2.05) is 30.3 Å². The van der Waals surface area contributed by atoms with Crippen LogP contribution in [0.2, 0.25) is 0 Å². The molecule has 4 nitrogen and oxygen atoms in total. The third-order valence-electron chi connectivity index (χ3n) is 4.02. The molecular weight excluding hydrogens is 298 g/mol. The van der Waals surface area contributed by atoms with E-state index >= 15 is 0 Å². The van der Waals surface area contributed by atoms with Gasteiger partial charge < -0.3 is 10.6 Å². The molecule has 0 aromatic heterocycles. The molecule has 0 saturated carbocycles. The van der Waals surface area contributed by atoms with Crippen molar-refractivity contribution in [1.82, 2.24) is 10.2 Å². The van der Waals surface area contributed by atoms with Crippen LogP contribution in [-0.4, -0.2) is 43.0 Å². The highest BCUT2D eigenvalue weighted by molar-refractivity contribution is 5.90. The number of carbonyl (C=O) groups is 1. The first-order valence-corrected chi connectivity index (χ1v) is 8.09. The lowest BCUT2D eigenvalue weighted by Gasteiger charge is -2.34. The molecule has 124 valence electrons. The lowest BCUT2D eigenvalue weighted by molar-refractivity contribution is -0.116. The quantitative estimate of drug-likeness (QED) is 0.810. The number of hydrogen-bond donors (Lipinski definition) is 2. The minimum absolute atomic E-state index is 0. The Labute approximate surface area is 140 Å². The number of rotatable bonds is 7. The summed E-state index contributed by atoms with van der Waals surface area (Å²) in [6, 6.07) is 10.3. The molecule has 0 aliphatic carbocycles. The Balaban J connectivity index is 0.00000242. The van der Waals surface area contributed by atoms with E-state index in [0.717, 1.165) is 38.3 Å². The van der Waals surface area contributed by atoms with Crippen molar-refractivity contribution in [2.45, 2.75) is 38.6 Å². The molecule has 1 aliphatic rings. The van der Waals surface area contributed by atoms with E-state index in [0.29, 0.717) is 12.5 Å². The van der Waals surface area contributed by atoms with Gasteiger partial charge in [-0.1, -0.05) is 25.1 Å². The Morgan fingerprint density at radius 3 is 2.55 bits per heavy atom. The highest BCUT2D eigenvalue weighted by atomic mass is 35.5. The van der Waals surface area contributed by atoms with E-state index in [2.05, 4.69) is 22.5 Å². The van der Waals surface area contributed by atoms with Crippen molar-refractivity contribution < 1.29 is 4.79 Å². The molecule has 0 atom stereocenters. The van der Waals surface area contributed by atoms with Gasteiger partial charge in [-0.2, -0.15) is 0 Å². The zero-order valence-corrected chi connectivity index (χ0v) is 14.2. The summed E-state index contributed by atoms with van der Waals surface area (Å²) in [6.07, 6.45) is 4.10. The Bertz CT molecular complexity index is 421.